The number of rotatable bonds is 3. The SMILES string of the molecule is COc1ccc(C2(CN)OCCCO2)cc1Cl. The van der Waals surface area contributed by atoms with Crippen molar-refractivity contribution >= 4 is 11.6 Å². The molecule has 1 aliphatic rings. The third-order valence-corrected chi connectivity index (χ3v) is 3.11. The van der Waals surface area contributed by atoms with Crippen LogP contribution < -0.4 is 10.5 Å². The van der Waals surface area contributed by atoms with Gasteiger partial charge in [0.1, 0.15) is 5.75 Å². The summed E-state index contributed by atoms with van der Waals surface area (Å²) in [6.45, 7) is 1.54. The van der Waals surface area contributed by atoms with Crippen molar-refractivity contribution in [2.75, 3.05) is 26.9 Å². The van der Waals surface area contributed by atoms with Crippen molar-refractivity contribution in [1.82, 2.24) is 0 Å². The Morgan fingerprint density at radius 1 is 1.41 bits per heavy atom. The van der Waals surface area contributed by atoms with Crippen molar-refractivity contribution in [2.24, 2.45) is 5.73 Å². The van der Waals surface area contributed by atoms with Crippen molar-refractivity contribution in [3.63, 3.8) is 0 Å². The van der Waals surface area contributed by atoms with Gasteiger partial charge in [-0.1, -0.05) is 11.6 Å². The molecule has 0 saturated carbocycles. The van der Waals surface area contributed by atoms with E-state index in [0.29, 0.717) is 24.0 Å². The number of hydrogen-bond acceptors (Lipinski definition) is 4. The van der Waals surface area contributed by atoms with Gasteiger partial charge in [-0.15, -0.1) is 0 Å². The molecule has 94 valence electrons. The van der Waals surface area contributed by atoms with Gasteiger partial charge in [0.15, 0.2) is 0 Å². The molecule has 1 aromatic rings. The van der Waals surface area contributed by atoms with Crippen molar-refractivity contribution in [3.8, 4) is 5.75 Å². The summed E-state index contributed by atoms with van der Waals surface area (Å²) < 4.78 is 16.5. The summed E-state index contributed by atoms with van der Waals surface area (Å²) in [7, 11) is 1.58. The molecule has 2 N–H and O–H groups in total. The average molecular weight is 258 g/mol. The summed E-state index contributed by atoms with van der Waals surface area (Å²) in [5.74, 6) is -0.243. The van der Waals surface area contributed by atoms with Crippen molar-refractivity contribution in [3.05, 3.63) is 28.8 Å². The molecule has 0 radical (unpaired) electrons. The number of hydrogen-bond donors (Lipinski definition) is 1. The molecular formula is C12H16ClNO3. The normalized spacial score (nSPS) is 19.0. The predicted octanol–water partition coefficient (Wildman–Crippen LogP) is 1.90. The Kier molecular flexibility index (Phi) is 3.89. The minimum absolute atomic E-state index is 0.260. The van der Waals surface area contributed by atoms with Crippen LogP contribution in [-0.2, 0) is 15.3 Å². The minimum atomic E-state index is -0.867. The Labute approximate surface area is 106 Å². The van der Waals surface area contributed by atoms with E-state index >= 15 is 0 Å². The highest BCUT2D eigenvalue weighted by Gasteiger charge is 2.35. The van der Waals surface area contributed by atoms with Crippen LogP contribution in [0.1, 0.15) is 12.0 Å². The summed E-state index contributed by atoms with van der Waals surface area (Å²) in [6.07, 6.45) is 0.881. The minimum Gasteiger partial charge on any atom is -0.495 e. The lowest BCUT2D eigenvalue weighted by atomic mass is 10.0. The van der Waals surface area contributed by atoms with Gasteiger partial charge >= 0.3 is 0 Å². The highest BCUT2D eigenvalue weighted by molar-refractivity contribution is 6.32. The maximum Gasteiger partial charge on any atom is 0.207 e. The van der Waals surface area contributed by atoms with E-state index in [1.54, 1.807) is 19.2 Å². The Balaban J connectivity index is 2.33. The van der Waals surface area contributed by atoms with Gasteiger partial charge < -0.3 is 19.9 Å². The maximum atomic E-state index is 6.09. The van der Waals surface area contributed by atoms with Gasteiger partial charge in [0, 0.05) is 5.56 Å². The zero-order valence-electron chi connectivity index (χ0n) is 9.74. The van der Waals surface area contributed by atoms with Crippen LogP contribution in [-0.4, -0.2) is 26.9 Å². The highest BCUT2D eigenvalue weighted by atomic mass is 35.5. The average Bonchev–Trinajstić information content (AvgIpc) is 2.39. The van der Waals surface area contributed by atoms with Gasteiger partial charge in [0.05, 0.1) is 31.9 Å². The Hall–Kier alpha value is -0.810. The molecule has 1 fully saturated rings. The lowest BCUT2D eigenvalue weighted by Crippen LogP contribution is -2.44. The van der Waals surface area contributed by atoms with Crippen LogP contribution in [0.25, 0.3) is 0 Å². The zero-order chi connectivity index (χ0) is 12.3. The van der Waals surface area contributed by atoms with E-state index in [1.807, 2.05) is 6.07 Å². The van der Waals surface area contributed by atoms with Gasteiger partial charge in [0.25, 0.3) is 0 Å². The van der Waals surface area contributed by atoms with Crippen molar-refractivity contribution in [2.45, 2.75) is 12.2 Å². The van der Waals surface area contributed by atoms with E-state index in [-0.39, 0.29) is 6.54 Å². The van der Waals surface area contributed by atoms with Gasteiger partial charge in [0.2, 0.25) is 5.79 Å². The first-order valence-electron chi connectivity index (χ1n) is 5.54. The summed E-state index contributed by atoms with van der Waals surface area (Å²) in [4.78, 5) is 0. The van der Waals surface area contributed by atoms with Crippen LogP contribution in [0.3, 0.4) is 0 Å². The smallest absolute Gasteiger partial charge is 0.207 e. The second-order valence-electron chi connectivity index (χ2n) is 3.86. The first-order valence-corrected chi connectivity index (χ1v) is 5.91. The molecule has 0 aliphatic carbocycles. The third-order valence-electron chi connectivity index (χ3n) is 2.82. The molecule has 0 bridgehead atoms. The number of nitrogens with two attached hydrogens (primary N) is 1. The Bertz CT molecular complexity index is 391. The zero-order valence-corrected chi connectivity index (χ0v) is 10.5. The molecule has 0 unspecified atom stereocenters. The van der Waals surface area contributed by atoms with Crippen LogP contribution in [0.2, 0.25) is 5.02 Å². The largest absolute Gasteiger partial charge is 0.495 e. The van der Waals surface area contributed by atoms with Crippen LogP contribution >= 0.6 is 11.6 Å². The molecule has 1 aliphatic heterocycles. The third kappa shape index (κ3) is 2.40. The second-order valence-corrected chi connectivity index (χ2v) is 4.26. The molecule has 1 saturated heterocycles. The number of methoxy groups -OCH3 is 1. The topological polar surface area (TPSA) is 53.7 Å². The van der Waals surface area contributed by atoms with E-state index in [0.717, 1.165) is 12.0 Å². The van der Waals surface area contributed by atoms with Crippen LogP contribution in [0.4, 0.5) is 0 Å². The van der Waals surface area contributed by atoms with E-state index in [1.165, 1.54) is 0 Å². The summed E-state index contributed by atoms with van der Waals surface area (Å²) in [5.41, 5.74) is 6.59. The second kappa shape index (κ2) is 5.23. The van der Waals surface area contributed by atoms with E-state index in [4.69, 9.17) is 31.5 Å². The fourth-order valence-electron chi connectivity index (χ4n) is 1.88. The maximum absolute atomic E-state index is 6.09. The van der Waals surface area contributed by atoms with Gasteiger partial charge in [-0.2, -0.15) is 0 Å². The van der Waals surface area contributed by atoms with Gasteiger partial charge in [-0.05, 0) is 24.6 Å². The van der Waals surface area contributed by atoms with Crippen LogP contribution in [0.15, 0.2) is 18.2 Å². The Morgan fingerprint density at radius 3 is 2.65 bits per heavy atom. The lowest BCUT2D eigenvalue weighted by molar-refractivity contribution is -0.269. The molecule has 1 aromatic carbocycles. The number of benzene rings is 1. The molecule has 1 heterocycles. The molecule has 0 amide bonds. The molecule has 0 aromatic heterocycles. The predicted molar refractivity (Wildman–Crippen MR) is 65.3 cm³/mol. The first-order chi connectivity index (χ1) is 8.22. The van der Waals surface area contributed by atoms with Gasteiger partial charge in [-0.3, -0.25) is 0 Å². The van der Waals surface area contributed by atoms with Crippen LogP contribution in [0, 0.1) is 0 Å². The Morgan fingerprint density at radius 2 is 2.12 bits per heavy atom. The molecule has 0 atom stereocenters. The quantitative estimate of drug-likeness (QED) is 0.899. The monoisotopic (exact) mass is 257 g/mol. The van der Waals surface area contributed by atoms with E-state index in [2.05, 4.69) is 0 Å². The number of ether oxygens (including phenoxy) is 3. The summed E-state index contributed by atoms with van der Waals surface area (Å²) in [6, 6.07) is 5.43. The molecular weight excluding hydrogens is 242 g/mol. The lowest BCUT2D eigenvalue weighted by Gasteiger charge is -2.36. The molecule has 17 heavy (non-hydrogen) atoms. The fraction of sp³-hybridized carbons (Fsp3) is 0.500. The molecule has 4 nitrogen and oxygen atoms in total. The van der Waals surface area contributed by atoms with Gasteiger partial charge in [-0.25, -0.2) is 0 Å². The fourth-order valence-corrected chi connectivity index (χ4v) is 2.14. The summed E-state index contributed by atoms with van der Waals surface area (Å²) in [5, 5.41) is 0.524. The molecule has 0 spiro atoms. The first kappa shape index (κ1) is 12.6. The number of halogens is 1. The van der Waals surface area contributed by atoms with Crippen molar-refractivity contribution in [1.29, 1.82) is 0 Å². The van der Waals surface area contributed by atoms with Crippen molar-refractivity contribution < 1.29 is 14.2 Å². The van der Waals surface area contributed by atoms with Crippen LogP contribution in [0.5, 0.6) is 5.75 Å². The molecule has 2 rings (SSSR count). The van der Waals surface area contributed by atoms with E-state index < -0.39 is 5.79 Å². The molecule has 5 heteroatoms. The highest BCUT2D eigenvalue weighted by Crippen LogP contribution is 2.34. The standard InChI is InChI=1S/C12H16ClNO3/c1-15-11-4-3-9(7-10(11)13)12(8-14)16-5-2-6-17-12/h3-4,7H,2,5-6,8,14H2,1H3. The summed E-state index contributed by atoms with van der Waals surface area (Å²) >= 11 is 6.09. The van der Waals surface area contributed by atoms with E-state index in [9.17, 15) is 0 Å².